The van der Waals surface area contributed by atoms with Gasteiger partial charge in [0.05, 0.1) is 7.11 Å². The largest absolute Gasteiger partial charge is 0.275 e. The monoisotopic (exact) mass is 241 g/mol. The van der Waals surface area contributed by atoms with E-state index in [0.29, 0.717) is 12.0 Å². The fourth-order valence-electron chi connectivity index (χ4n) is 1.90. The summed E-state index contributed by atoms with van der Waals surface area (Å²) in [5.74, 6) is -2.10. The molecular formula is C12H13F2NO2. The van der Waals surface area contributed by atoms with Gasteiger partial charge in [0.1, 0.15) is 0 Å². The third kappa shape index (κ3) is 2.29. The lowest BCUT2D eigenvalue weighted by atomic mass is 10.1. The van der Waals surface area contributed by atoms with Gasteiger partial charge >= 0.3 is 0 Å². The first kappa shape index (κ1) is 12.0. The van der Waals surface area contributed by atoms with Crippen molar-refractivity contribution < 1.29 is 18.4 Å². The number of halogens is 2. The lowest BCUT2D eigenvalue weighted by Gasteiger charge is -2.13. The molecule has 17 heavy (non-hydrogen) atoms. The minimum Gasteiger partial charge on any atom is -0.275 e. The van der Waals surface area contributed by atoms with Gasteiger partial charge in [-0.15, -0.1) is 0 Å². The molecule has 0 spiro atoms. The molecule has 1 aliphatic carbocycles. The SMILES string of the molecule is CON(C)C(=O)C1CC1c1ccc(F)c(F)c1. The van der Waals surface area contributed by atoms with E-state index in [0.717, 1.165) is 17.2 Å². The average Bonchev–Trinajstić information content (AvgIpc) is 3.10. The van der Waals surface area contributed by atoms with Crippen molar-refractivity contribution in [3.8, 4) is 0 Å². The van der Waals surface area contributed by atoms with Crippen LogP contribution in [-0.2, 0) is 9.63 Å². The van der Waals surface area contributed by atoms with Crippen LogP contribution in [0.15, 0.2) is 18.2 Å². The van der Waals surface area contributed by atoms with Gasteiger partial charge in [-0.3, -0.25) is 9.63 Å². The first-order valence-electron chi connectivity index (χ1n) is 5.31. The number of hydrogen-bond donors (Lipinski definition) is 0. The molecule has 3 nitrogen and oxygen atoms in total. The second-order valence-electron chi connectivity index (χ2n) is 4.14. The molecule has 0 aromatic heterocycles. The van der Waals surface area contributed by atoms with Crippen LogP contribution >= 0.6 is 0 Å². The van der Waals surface area contributed by atoms with Crippen LogP contribution < -0.4 is 0 Å². The summed E-state index contributed by atoms with van der Waals surface area (Å²) >= 11 is 0. The Kier molecular flexibility index (Phi) is 3.11. The van der Waals surface area contributed by atoms with E-state index < -0.39 is 11.6 Å². The molecule has 1 saturated carbocycles. The summed E-state index contributed by atoms with van der Waals surface area (Å²) in [6, 6.07) is 3.76. The van der Waals surface area contributed by atoms with Crippen LogP contribution in [-0.4, -0.2) is 25.1 Å². The number of rotatable bonds is 3. The summed E-state index contributed by atoms with van der Waals surface area (Å²) < 4.78 is 25.8. The second kappa shape index (κ2) is 4.41. The smallest absolute Gasteiger partial charge is 0.249 e. The zero-order valence-electron chi connectivity index (χ0n) is 9.61. The molecule has 92 valence electrons. The molecule has 1 aromatic rings. The Labute approximate surface area is 97.9 Å². The van der Waals surface area contributed by atoms with Crippen molar-refractivity contribution in [3.63, 3.8) is 0 Å². The van der Waals surface area contributed by atoms with Crippen molar-refractivity contribution in [1.82, 2.24) is 5.06 Å². The van der Waals surface area contributed by atoms with E-state index in [1.165, 1.54) is 20.2 Å². The van der Waals surface area contributed by atoms with Crippen molar-refractivity contribution in [2.75, 3.05) is 14.2 Å². The highest BCUT2D eigenvalue weighted by Crippen LogP contribution is 2.48. The Morgan fingerprint density at radius 3 is 2.71 bits per heavy atom. The van der Waals surface area contributed by atoms with Crippen LogP contribution in [0.4, 0.5) is 8.78 Å². The number of amides is 1. The molecule has 2 rings (SSSR count). The van der Waals surface area contributed by atoms with Crippen molar-refractivity contribution in [1.29, 1.82) is 0 Å². The molecule has 1 aromatic carbocycles. The normalized spacial score (nSPS) is 22.4. The number of carbonyl (C=O) groups excluding carboxylic acids is 1. The first-order valence-corrected chi connectivity index (χ1v) is 5.31. The molecule has 0 saturated heterocycles. The predicted octanol–water partition coefficient (Wildman–Crippen LogP) is 2.09. The Morgan fingerprint density at radius 1 is 1.41 bits per heavy atom. The van der Waals surface area contributed by atoms with E-state index in [1.54, 1.807) is 0 Å². The van der Waals surface area contributed by atoms with Gasteiger partial charge in [0.25, 0.3) is 0 Å². The quantitative estimate of drug-likeness (QED) is 0.758. The van der Waals surface area contributed by atoms with Crippen LogP contribution in [0, 0.1) is 17.6 Å². The second-order valence-corrected chi connectivity index (χ2v) is 4.14. The molecule has 1 aliphatic rings. The van der Waals surface area contributed by atoms with Crippen LogP contribution in [0.3, 0.4) is 0 Å². The highest BCUT2D eigenvalue weighted by molar-refractivity contribution is 5.81. The van der Waals surface area contributed by atoms with Crippen LogP contribution in [0.5, 0.6) is 0 Å². The molecule has 2 atom stereocenters. The minimum atomic E-state index is -0.874. The number of hydrogen-bond acceptors (Lipinski definition) is 2. The molecule has 0 bridgehead atoms. The summed E-state index contributed by atoms with van der Waals surface area (Å²) in [6.45, 7) is 0. The van der Waals surface area contributed by atoms with E-state index in [9.17, 15) is 13.6 Å². The van der Waals surface area contributed by atoms with Crippen LogP contribution in [0.1, 0.15) is 17.9 Å². The number of benzene rings is 1. The van der Waals surface area contributed by atoms with Gasteiger partial charge in [-0.1, -0.05) is 6.07 Å². The lowest BCUT2D eigenvalue weighted by Crippen LogP contribution is -2.27. The number of nitrogens with zero attached hydrogens (tertiary/aromatic N) is 1. The molecule has 0 N–H and O–H groups in total. The van der Waals surface area contributed by atoms with E-state index >= 15 is 0 Å². The van der Waals surface area contributed by atoms with E-state index in [4.69, 9.17) is 4.84 Å². The van der Waals surface area contributed by atoms with Crippen molar-refractivity contribution in [3.05, 3.63) is 35.4 Å². The Hall–Kier alpha value is -1.49. The maximum atomic E-state index is 13.0. The zero-order chi connectivity index (χ0) is 12.6. The van der Waals surface area contributed by atoms with Crippen molar-refractivity contribution in [2.24, 2.45) is 5.92 Å². The Balaban J connectivity index is 2.07. The third-order valence-corrected chi connectivity index (χ3v) is 3.06. The summed E-state index contributed by atoms with van der Waals surface area (Å²) in [5, 5.41) is 1.16. The average molecular weight is 241 g/mol. The van der Waals surface area contributed by atoms with E-state index in [1.807, 2.05) is 0 Å². The summed E-state index contributed by atoms with van der Waals surface area (Å²) in [4.78, 5) is 16.5. The predicted molar refractivity (Wildman–Crippen MR) is 57.0 cm³/mol. The topological polar surface area (TPSA) is 29.5 Å². The van der Waals surface area contributed by atoms with Gasteiger partial charge in [0.15, 0.2) is 11.6 Å². The highest BCUT2D eigenvalue weighted by atomic mass is 19.2. The minimum absolute atomic E-state index is 0.0322. The van der Waals surface area contributed by atoms with Crippen LogP contribution in [0.2, 0.25) is 0 Å². The molecule has 0 heterocycles. The maximum Gasteiger partial charge on any atom is 0.249 e. The summed E-state index contributed by atoms with van der Waals surface area (Å²) in [6.07, 6.45) is 0.650. The van der Waals surface area contributed by atoms with Crippen molar-refractivity contribution in [2.45, 2.75) is 12.3 Å². The van der Waals surface area contributed by atoms with Gasteiger partial charge in [-0.05, 0) is 30.0 Å². The molecule has 5 heteroatoms. The standard InChI is InChI=1S/C12H13F2NO2/c1-15(17-2)12(16)9-6-8(9)7-3-4-10(13)11(14)5-7/h3-5,8-9H,6H2,1-2H3. The molecule has 0 aliphatic heterocycles. The van der Waals surface area contributed by atoms with Crippen LogP contribution in [0.25, 0.3) is 0 Å². The van der Waals surface area contributed by atoms with Crippen molar-refractivity contribution >= 4 is 5.91 Å². The van der Waals surface area contributed by atoms with Gasteiger partial charge in [-0.2, -0.15) is 0 Å². The first-order chi connectivity index (χ1) is 8.04. The third-order valence-electron chi connectivity index (χ3n) is 3.06. The Morgan fingerprint density at radius 2 is 2.12 bits per heavy atom. The molecule has 1 fully saturated rings. The highest BCUT2D eigenvalue weighted by Gasteiger charge is 2.45. The van der Waals surface area contributed by atoms with Gasteiger partial charge in [-0.25, -0.2) is 13.8 Å². The Bertz CT molecular complexity index is 450. The fourth-order valence-corrected chi connectivity index (χ4v) is 1.90. The summed E-state index contributed by atoms with van der Waals surface area (Å²) in [5.41, 5.74) is 0.659. The molecule has 0 radical (unpaired) electrons. The molecular weight excluding hydrogens is 228 g/mol. The van der Waals surface area contributed by atoms with E-state index in [-0.39, 0.29) is 17.7 Å². The zero-order valence-corrected chi connectivity index (χ0v) is 9.61. The van der Waals surface area contributed by atoms with E-state index in [2.05, 4.69) is 0 Å². The fraction of sp³-hybridized carbons (Fsp3) is 0.417. The van der Waals surface area contributed by atoms with Gasteiger partial charge in [0, 0.05) is 13.0 Å². The number of hydroxylamine groups is 2. The number of carbonyl (C=O) groups is 1. The van der Waals surface area contributed by atoms with Gasteiger partial charge in [0.2, 0.25) is 5.91 Å². The maximum absolute atomic E-state index is 13.0. The lowest BCUT2D eigenvalue weighted by molar-refractivity contribution is -0.170. The van der Waals surface area contributed by atoms with Gasteiger partial charge < -0.3 is 0 Å². The summed E-state index contributed by atoms with van der Waals surface area (Å²) in [7, 11) is 2.94. The molecule has 1 amide bonds. The molecule has 2 unspecified atom stereocenters.